The summed E-state index contributed by atoms with van der Waals surface area (Å²) in [4.78, 5) is 43.2. The lowest BCUT2D eigenvalue weighted by Gasteiger charge is -2.62. The van der Waals surface area contributed by atoms with E-state index in [1.54, 1.807) is 24.3 Å². The monoisotopic (exact) mass is 639 g/mol. The zero-order chi connectivity index (χ0) is 32.6. The van der Waals surface area contributed by atoms with Crippen molar-refractivity contribution < 1.29 is 28.2 Å². The molecule has 9 heteroatoms. The van der Waals surface area contributed by atoms with Gasteiger partial charge in [0.05, 0.1) is 18.1 Å². The number of hydrogen-bond donors (Lipinski definition) is 1. The molecular weight excluding hydrogens is 597 g/mol. The van der Waals surface area contributed by atoms with Crippen molar-refractivity contribution in [2.24, 2.45) is 17.3 Å². The van der Waals surface area contributed by atoms with Gasteiger partial charge in [0.25, 0.3) is 5.91 Å². The first-order valence-corrected chi connectivity index (χ1v) is 16.7. The second kappa shape index (κ2) is 12.8. The number of rotatable bonds is 9. The van der Waals surface area contributed by atoms with E-state index in [0.717, 1.165) is 70.4 Å². The summed E-state index contributed by atoms with van der Waals surface area (Å²) in [5, 5.41) is 2.77. The Morgan fingerprint density at radius 3 is 2.28 bits per heavy atom. The molecule has 4 aliphatic carbocycles. The number of anilines is 1. The van der Waals surface area contributed by atoms with E-state index in [0.29, 0.717) is 34.7 Å². The Kier molecular flexibility index (Phi) is 8.51. The minimum atomic E-state index is -0.468. The molecule has 246 valence electrons. The number of esters is 1. The molecule has 1 saturated heterocycles. The molecule has 5 fully saturated rings. The lowest BCUT2D eigenvalue weighted by Crippen LogP contribution is -2.61. The number of nitrogens with one attached hydrogen (secondary N) is 1. The normalized spacial score (nSPS) is 26.6. The molecule has 0 spiro atoms. The minimum Gasteiger partial charge on any atom is -0.484 e. The molecule has 4 saturated carbocycles. The summed E-state index contributed by atoms with van der Waals surface area (Å²) < 4.78 is 23.9. The van der Waals surface area contributed by atoms with Crippen LogP contribution in [0.5, 0.6) is 5.75 Å². The number of ether oxygens (including phenoxy) is 2. The van der Waals surface area contributed by atoms with Crippen LogP contribution in [-0.2, 0) is 26.3 Å². The lowest BCUT2D eigenvalue weighted by atomic mass is 9.42. The number of benzene rings is 3. The Hall–Kier alpha value is -4.24. The molecule has 3 aromatic rings. The highest BCUT2D eigenvalue weighted by molar-refractivity contribution is 5.95. The first-order chi connectivity index (χ1) is 22.7. The van der Waals surface area contributed by atoms with Gasteiger partial charge in [0, 0.05) is 38.4 Å². The van der Waals surface area contributed by atoms with E-state index in [-0.39, 0.29) is 29.2 Å². The second-order valence-electron chi connectivity index (χ2n) is 14.2. The molecule has 0 aromatic heterocycles. The number of piperazine rings is 1. The lowest BCUT2D eigenvalue weighted by molar-refractivity contribution is -0.162. The van der Waals surface area contributed by atoms with Crippen molar-refractivity contribution in [2.75, 3.05) is 45.2 Å². The van der Waals surface area contributed by atoms with Gasteiger partial charge in [-0.25, -0.2) is 9.18 Å². The summed E-state index contributed by atoms with van der Waals surface area (Å²) in [7, 11) is 1.32. The van der Waals surface area contributed by atoms with Gasteiger partial charge in [-0.05, 0) is 109 Å². The summed E-state index contributed by atoms with van der Waals surface area (Å²) in [6.07, 6.45) is 6.36. The van der Waals surface area contributed by atoms with E-state index in [1.807, 2.05) is 24.3 Å². The Bertz CT molecular complexity index is 1620. The molecule has 1 N–H and O–H groups in total. The van der Waals surface area contributed by atoms with Crippen LogP contribution in [0, 0.1) is 23.1 Å². The highest BCUT2D eigenvalue weighted by atomic mass is 19.1. The maximum absolute atomic E-state index is 14.3. The van der Waals surface area contributed by atoms with Crippen molar-refractivity contribution in [1.82, 2.24) is 9.80 Å². The minimum absolute atomic E-state index is 0.00922. The quantitative estimate of drug-likeness (QED) is 0.298. The fourth-order valence-electron chi connectivity index (χ4n) is 9.24. The van der Waals surface area contributed by atoms with Gasteiger partial charge in [-0.15, -0.1) is 0 Å². The van der Waals surface area contributed by atoms with Gasteiger partial charge < -0.3 is 19.7 Å². The SMILES string of the molecule is COC(=O)c1cccc(NC(=O)COc2ccc(C34CC5CC(CC(C(=O)N6CCN(Cc7ccc(F)cc7)CC6)(C5)C3)C4)cc2)c1. The molecule has 2 atom stereocenters. The summed E-state index contributed by atoms with van der Waals surface area (Å²) >= 11 is 0. The summed E-state index contributed by atoms with van der Waals surface area (Å²) in [5.74, 6) is 1.08. The zero-order valence-corrected chi connectivity index (χ0v) is 26.9. The third kappa shape index (κ3) is 6.50. The van der Waals surface area contributed by atoms with Crippen molar-refractivity contribution in [3.63, 3.8) is 0 Å². The molecule has 5 aliphatic rings. The van der Waals surface area contributed by atoms with Crippen LogP contribution >= 0.6 is 0 Å². The van der Waals surface area contributed by atoms with Crippen LogP contribution in [-0.4, -0.2) is 67.5 Å². The van der Waals surface area contributed by atoms with Crippen molar-refractivity contribution >= 4 is 23.5 Å². The maximum Gasteiger partial charge on any atom is 0.337 e. The van der Waals surface area contributed by atoms with Gasteiger partial charge in [-0.2, -0.15) is 0 Å². The topological polar surface area (TPSA) is 88.2 Å². The van der Waals surface area contributed by atoms with Crippen molar-refractivity contribution in [2.45, 2.75) is 50.5 Å². The molecule has 2 unspecified atom stereocenters. The van der Waals surface area contributed by atoms with Gasteiger partial charge in [-0.1, -0.05) is 30.3 Å². The number of carbonyl (C=O) groups is 3. The van der Waals surface area contributed by atoms with E-state index in [4.69, 9.17) is 9.47 Å². The maximum atomic E-state index is 14.3. The largest absolute Gasteiger partial charge is 0.484 e. The van der Waals surface area contributed by atoms with Crippen molar-refractivity contribution in [1.29, 1.82) is 0 Å². The number of hydrogen-bond acceptors (Lipinski definition) is 6. The van der Waals surface area contributed by atoms with Gasteiger partial charge in [0.1, 0.15) is 11.6 Å². The molecule has 4 bridgehead atoms. The predicted molar refractivity (Wildman–Crippen MR) is 175 cm³/mol. The Labute approximate surface area is 275 Å². The highest BCUT2D eigenvalue weighted by Gasteiger charge is 2.61. The number of halogens is 1. The van der Waals surface area contributed by atoms with Gasteiger partial charge in [0.2, 0.25) is 5.91 Å². The van der Waals surface area contributed by atoms with E-state index in [1.165, 1.54) is 31.2 Å². The van der Waals surface area contributed by atoms with E-state index in [2.05, 4.69) is 27.2 Å². The van der Waals surface area contributed by atoms with Crippen LogP contribution < -0.4 is 10.1 Å². The first kappa shape index (κ1) is 31.4. The molecule has 1 heterocycles. The number of methoxy groups -OCH3 is 1. The Morgan fingerprint density at radius 2 is 1.60 bits per heavy atom. The first-order valence-electron chi connectivity index (χ1n) is 16.7. The molecule has 2 amide bonds. The van der Waals surface area contributed by atoms with Crippen LogP contribution in [0.4, 0.5) is 10.1 Å². The number of carbonyl (C=O) groups excluding carboxylic acids is 3. The van der Waals surface area contributed by atoms with E-state index < -0.39 is 5.97 Å². The van der Waals surface area contributed by atoms with Gasteiger partial charge in [0.15, 0.2) is 6.61 Å². The van der Waals surface area contributed by atoms with Crippen LogP contribution in [0.2, 0.25) is 0 Å². The van der Waals surface area contributed by atoms with Crippen LogP contribution in [0.1, 0.15) is 60.0 Å². The summed E-state index contributed by atoms with van der Waals surface area (Å²) in [6.45, 7) is 3.75. The fourth-order valence-corrected chi connectivity index (χ4v) is 9.24. The van der Waals surface area contributed by atoms with Gasteiger partial charge >= 0.3 is 5.97 Å². The van der Waals surface area contributed by atoms with Crippen molar-refractivity contribution in [3.05, 3.63) is 95.3 Å². The van der Waals surface area contributed by atoms with E-state index >= 15 is 0 Å². The fraction of sp³-hybridized carbons (Fsp3) is 0.447. The van der Waals surface area contributed by atoms with E-state index in [9.17, 15) is 18.8 Å². The molecular formula is C38H42FN3O5. The molecule has 8 nitrogen and oxygen atoms in total. The molecule has 0 radical (unpaired) electrons. The standard InChI is InChI=1S/C38H42FN3O5/c1-46-35(44)29-3-2-4-32(18-29)40-34(43)24-47-33-11-7-30(8-12-33)37-19-27-17-28(20-37)22-38(21-27,25-37)36(45)42-15-13-41(14-16-42)23-26-5-9-31(39)10-6-26/h2-12,18,27-28H,13-17,19-25H2,1H3,(H,40,43). The average molecular weight is 640 g/mol. The van der Waals surface area contributed by atoms with Crippen molar-refractivity contribution in [3.8, 4) is 5.75 Å². The average Bonchev–Trinajstić information content (AvgIpc) is 3.08. The molecule has 47 heavy (non-hydrogen) atoms. The van der Waals surface area contributed by atoms with Crippen LogP contribution in [0.15, 0.2) is 72.8 Å². The molecule has 1 aliphatic heterocycles. The third-order valence-corrected chi connectivity index (χ3v) is 10.9. The summed E-state index contributed by atoms with van der Waals surface area (Å²) in [5.41, 5.74) is 2.91. The predicted octanol–water partition coefficient (Wildman–Crippen LogP) is 5.81. The molecule has 8 rings (SSSR count). The zero-order valence-electron chi connectivity index (χ0n) is 26.9. The number of nitrogens with zero attached hydrogens (tertiary/aromatic N) is 2. The van der Waals surface area contributed by atoms with Gasteiger partial charge in [-0.3, -0.25) is 14.5 Å². The Balaban J connectivity index is 0.969. The second-order valence-corrected chi connectivity index (χ2v) is 14.2. The Morgan fingerprint density at radius 1 is 0.894 bits per heavy atom. The summed E-state index contributed by atoms with van der Waals surface area (Å²) in [6, 6.07) is 21.4. The number of amides is 2. The smallest absolute Gasteiger partial charge is 0.337 e. The molecule has 3 aromatic carbocycles. The van der Waals surface area contributed by atoms with Crippen LogP contribution in [0.25, 0.3) is 0 Å². The highest BCUT2D eigenvalue weighted by Crippen LogP contribution is 2.66. The third-order valence-electron chi connectivity index (χ3n) is 10.9. The van der Waals surface area contributed by atoms with Crippen LogP contribution in [0.3, 0.4) is 0 Å².